The van der Waals surface area contributed by atoms with Gasteiger partial charge in [-0.05, 0) is 29.5 Å². The molecular formula is C21H14ClFN2O2S3. The van der Waals surface area contributed by atoms with Crippen molar-refractivity contribution in [3.05, 3.63) is 86.5 Å². The van der Waals surface area contributed by atoms with Gasteiger partial charge >= 0.3 is 0 Å². The zero-order valence-electron chi connectivity index (χ0n) is 15.4. The van der Waals surface area contributed by atoms with E-state index in [1.165, 1.54) is 23.0 Å². The summed E-state index contributed by atoms with van der Waals surface area (Å²) >= 11 is 9.99. The summed E-state index contributed by atoms with van der Waals surface area (Å²) in [6, 6.07) is 16.1. The Morgan fingerprint density at radius 2 is 1.83 bits per heavy atom. The predicted octanol–water partition coefficient (Wildman–Crippen LogP) is 6.46. The number of hydrogen-bond donors (Lipinski definition) is 0. The van der Waals surface area contributed by atoms with Crippen LogP contribution < -0.4 is 0 Å². The second-order valence-corrected chi connectivity index (χ2v) is 9.87. The van der Waals surface area contributed by atoms with Crippen molar-refractivity contribution in [2.75, 3.05) is 0 Å². The van der Waals surface area contributed by atoms with Crippen LogP contribution in [0, 0.1) is 5.82 Å². The van der Waals surface area contributed by atoms with Gasteiger partial charge in [0.15, 0.2) is 4.34 Å². The van der Waals surface area contributed by atoms with Gasteiger partial charge in [0, 0.05) is 11.3 Å². The molecule has 30 heavy (non-hydrogen) atoms. The average molecular weight is 477 g/mol. The monoisotopic (exact) mass is 476 g/mol. The first-order valence-corrected chi connectivity index (χ1v) is 11.8. The highest BCUT2D eigenvalue weighted by molar-refractivity contribution is 8.18. The number of carbonyl (C=O) groups excluding carboxylic acids is 2. The number of hydrogen-bond acceptors (Lipinski definition) is 6. The molecule has 2 amide bonds. The highest BCUT2D eigenvalue weighted by Gasteiger charge is 2.35. The molecule has 0 saturated carbocycles. The molecule has 0 atom stereocenters. The van der Waals surface area contributed by atoms with Crippen molar-refractivity contribution in [2.24, 2.45) is 0 Å². The van der Waals surface area contributed by atoms with E-state index in [2.05, 4.69) is 4.98 Å². The Bertz CT molecular complexity index is 1130. The number of imide groups is 1. The standard InChI is InChI=1S/C21H14ClFN2O2S3/c22-18-16(29-20(24-18)28-12-13-6-2-1-3-7-13)10-17-19(26)25(21(27)30-17)11-14-8-4-5-9-15(14)23/h1-10H,11-12H2/b17-10+. The van der Waals surface area contributed by atoms with Crippen molar-refractivity contribution in [3.8, 4) is 0 Å². The molecule has 1 fully saturated rings. The third kappa shape index (κ3) is 4.78. The van der Waals surface area contributed by atoms with Crippen molar-refractivity contribution >= 4 is 63.7 Å². The quantitative estimate of drug-likeness (QED) is 0.301. The summed E-state index contributed by atoms with van der Waals surface area (Å²) in [6.07, 6.45) is 1.58. The Hall–Kier alpha value is -2.13. The second-order valence-electron chi connectivity index (χ2n) is 6.27. The zero-order chi connectivity index (χ0) is 21.1. The van der Waals surface area contributed by atoms with Crippen LogP contribution in [-0.4, -0.2) is 21.0 Å². The Kier molecular flexibility index (Phi) is 6.58. The largest absolute Gasteiger partial charge is 0.293 e. The molecule has 1 aliphatic heterocycles. The first-order valence-electron chi connectivity index (χ1n) is 8.83. The molecule has 3 aromatic rings. The van der Waals surface area contributed by atoms with Gasteiger partial charge in [0.2, 0.25) is 0 Å². The van der Waals surface area contributed by atoms with E-state index < -0.39 is 17.0 Å². The van der Waals surface area contributed by atoms with Gasteiger partial charge in [0.05, 0.1) is 16.3 Å². The zero-order valence-corrected chi connectivity index (χ0v) is 18.6. The van der Waals surface area contributed by atoms with Crippen molar-refractivity contribution in [2.45, 2.75) is 16.6 Å². The third-order valence-corrected chi connectivity index (χ3v) is 7.74. The molecule has 0 N–H and O–H groups in total. The Morgan fingerprint density at radius 3 is 2.60 bits per heavy atom. The number of halogens is 2. The summed E-state index contributed by atoms with van der Waals surface area (Å²) < 4.78 is 14.7. The van der Waals surface area contributed by atoms with Gasteiger partial charge in [-0.2, -0.15) is 0 Å². The molecule has 0 bridgehead atoms. The normalized spacial score (nSPS) is 15.4. The summed E-state index contributed by atoms with van der Waals surface area (Å²) in [5, 5.41) is -0.148. The van der Waals surface area contributed by atoms with E-state index in [4.69, 9.17) is 11.6 Å². The molecule has 2 heterocycles. The maximum Gasteiger partial charge on any atom is 0.293 e. The number of amides is 2. The van der Waals surface area contributed by atoms with Crippen molar-refractivity contribution in [1.29, 1.82) is 0 Å². The minimum absolute atomic E-state index is 0.108. The summed E-state index contributed by atoms with van der Waals surface area (Å²) in [5.74, 6) is -0.161. The van der Waals surface area contributed by atoms with Gasteiger partial charge in [-0.3, -0.25) is 14.5 Å². The van der Waals surface area contributed by atoms with Crippen molar-refractivity contribution in [3.63, 3.8) is 0 Å². The fraction of sp³-hybridized carbons (Fsp3) is 0.0952. The third-order valence-electron chi connectivity index (χ3n) is 4.22. The number of thioether (sulfide) groups is 2. The molecule has 0 spiro atoms. The van der Waals surface area contributed by atoms with Gasteiger partial charge in [-0.15, -0.1) is 11.3 Å². The van der Waals surface area contributed by atoms with Gasteiger partial charge in [0.25, 0.3) is 11.1 Å². The second kappa shape index (κ2) is 9.34. The lowest BCUT2D eigenvalue weighted by atomic mass is 10.2. The molecule has 2 aromatic carbocycles. The molecule has 4 rings (SSSR count). The number of carbonyl (C=O) groups is 2. The minimum atomic E-state index is -0.462. The number of rotatable bonds is 6. The van der Waals surface area contributed by atoms with E-state index in [-0.39, 0.29) is 22.2 Å². The Morgan fingerprint density at radius 1 is 1.10 bits per heavy atom. The van der Waals surface area contributed by atoms with Crippen LogP contribution in [0.4, 0.5) is 9.18 Å². The minimum Gasteiger partial charge on any atom is -0.268 e. The van der Waals surface area contributed by atoms with Crippen LogP contribution in [-0.2, 0) is 17.1 Å². The maximum atomic E-state index is 13.9. The lowest BCUT2D eigenvalue weighted by Crippen LogP contribution is -2.27. The van der Waals surface area contributed by atoms with Gasteiger partial charge in [0.1, 0.15) is 11.0 Å². The Labute approximate surface area is 190 Å². The summed E-state index contributed by atoms with van der Waals surface area (Å²) in [6.45, 7) is -0.108. The highest BCUT2D eigenvalue weighted by atomic mass is 35.5. The first-order chi connectivity index (χ1) is 14.5. The number of nitrogens with zero attached hydrogens (tertiary/aromatic N) is 2. The molecule has 0 unspecified atom stereocenters. The number of thiazole rings is 1. The highest BCUT2D eigenvalue weighted by Crippen LogP contribution is 2.38. The lowest BCUT2D eigenvalue weighted by molar-refractivity contribution is -0.123. The fourth-order valence-corrected chi connectivity index (χ4v) is 5.92. The molecular weight excluding hydrogens is 463 g/mol. The van der Waals surface area contributed by atoms with Crippen LogP contribution in [0.15, 0.2) is 63.8 Å². The molecule has 1 saturated heterocycles. The number of aromatic nitrogens is 1. The van der Waals surface area contributed by atoms with Crippen molar-refractivity contribution in [1.82, 2.24) is 9.88 Å². The average Bonchev–Trinajstić information content (AvgIpc) is 3.22. The van der Waals surface area contributed by atoms with Gasteiger partial charge in [-0.25, -0.2) is 9.37 Å². The predicted molar refractivity (Wildman–Crippen MR) is 121 cm³/mol. The van der Waals surface area contributed by atoms with Crippen LogP contribution in [0.5, 0.6) is 0 Å². The summed E-state index contributed by atoms with van der Waals surface area (Å²) in [4.78, 5) is 31.2. The molecule has 0 aliphatic carbocycles. The van der Waals surface area contributed by atoms with Crippen LogP contribution in [0.25, 0.3) is 6.08 Å². The van der Waals surface area contributed by atoms with Gasteiger partial charge in [-0.1, -0.05) is 71.9 Å². The van der Waals surface area contributed by atoms with E-state index in [0.29, 0.717) is 4.88 Å². The van der Waals surface area contributed by atoms with Crippen LogP contribution >= 0.6 is 46.5 Å². The molecule has 4 nitrogen and oxygen atoms in total. The van der Waals surface area contributed by atoms with E-state index in [1.807, 2.05) is 30.3 Å². The number of benzene rings is 2. The first kappa shape index (κ1) is 21.1. The van der Waals surface area contributed by atoms with E-state index in [1.54, 1.807) is 36.0 Å². The van der Waals surface area contributed by atoms with Crippen molar-refractivity contribution < 1.29 is 14.0 Å². The smallest absolute Gasteiger partial charge is 0.268 e. The SMILES string of the molecule is O=C1S/C(=C/c2sc(SCc3ccccc3)nc2Cl)C(=O)N1Cc1ccccc1F. The van der Waals surface area contributed by atoms with E-state index in [0.717, 1.165) is 26.8 Å². The topological polar surface area (TPSA) is 50.3 Å². The summed E-state index contributed by atoms with van der Waals surface area (Å²) in [7, 11) is 0. The van der Waals surface area contributed by atoms with Gasteiger partial charge < -0.3 is 0 Å². The van der Waals surface area contributed by atoms with Crippen LogP contribution in [0.3, 0.4) is 0 Å². The molecule has 1 aliphatic rings. The molecule has 1 aromatic heterocycles. The van der Waals surface area contributed by atoms with E-state index in [9.17, 15) is 14.0 Å². The maximum absolute atomic E-state index is 13.9. The van der Waals surface area contributed by atoms with Crippen LogP contribution in [0.2, 0.25) is 5.15 Å². The van der Waals surface area contributed by atoms with Crippen LogP contribution in [0.1, 0.15) is 16.0 Å². The van der Waals surface area contributed by atoms with E-state index >= 15 is 0 Å². The summed E-state index contributed by atoms with van der Waals surface area (Å²) in [5.41, 5.74) is 1.46. The molecule has 152 valence electrons. The fourth-order valence-electron chi connectivity index (χ4n) is 2.72. The molecule has 0 radical (unpaired) electrons. The Balaban J connectivity index is 1.48. The molecule has 9 heteroatoms. The lowest BCUT2D eigenvalue weighted by Gasteiger charge is -2.12.